The van der Waals surface area contributed by atoms with Crippen LogP contribution in [0.1, 0.15) is 18.4 Å². The molecule has 0 radical (unpaired) electrons. The third kappa shape index (κ3) is 5.66. The lowest BCUT2D eigenvalue weighted by Crippen LogP contribution is -2.38. The molecule has 1 atom stereocenters. The Bertz CT molecular complexity index is 1180. The summed E-state index contributed by atoms with van der Waals surface area (Å²) in [7, 11) is -1.65. The van der Waals surface area contributed by atoms with Crippen LogP contribution in [0.2, 0.25) is 0 Å². The zero-order valence-corrected chi connectivity index (χ0v) is 19.1. The lowest BCUT2D eigenvalue weighted by Gasteiger charge is -2.27. The summed E-state index contributed by atoms with van der Waals surface area (Å²) < 4.78 is 42.4. The van der Waals surface area contributed by atoms with Crippen LogP contribution in [0.15, 0.2) is 42.6 Å². The summed E-state index contributed by atoms with van der Waals surface area (Å²) in [5, 5.41) is 4.65. The lowest BCUT2D eigenvalue weighted by molar-refractivity contribution is 0.0906. The summed E-state index contributed by atoms with van der Waals surface area (Å²) in [4.78, 5) is 3.32. The van der Waals surface area contributed by atoms with Crippen LogP contribution in [0.4, 0.5) is 5.69 Å². The van der Waals surface area contributed by atoms with E-state index in [0.29, 0.717) is 30.3 Å². The highest BCUT2D eigenvalue weighted by Crippen LogP contribution is 2.34. The summed E-state index contributed by atoms with van der Waals surface area (Å²) in [6, 6.07) is 11.1. The summed E-state index contributed by atoms with van der Waals surface area (Å²) in [5.74, 6) is 2.04. The molecule has 2 aromatic carbocycles. The molecule has 2 heterocycles. The van der Waals surface area contributed by atoms with Crippen LogP contribution >= 0.6 is 0 Å². The van der Waals surface area contributed by atoms with E-state index in [1.165, 1.54) is 10.9 Å². The van der Waals surface area contributed by atoms with Crippen molar-refractivity contribution in [1.82, 2.24) is 10.3 Å². The number of benzene rings is 2. The van der Waals surface area contributed by atoms with E-state index in [1.54, 1.807) is 25.3 Å². The van der Waals surface area contributed by atoms with E-state index in [4.69, 9.17) is 14.2 Å². The topological polar surface area (TPSA) is 102 Å². The van der Waals surface area contributed by atoms with E-state index in [9.17, 15) is 8.42 Å². The van der Waals surface area contributed by atoms with Gasteiger partial charge in [0.1, 0.15) is 18.5 Å². The number of fused-ring (bicyclic) bond motifs is 2. The second-order valence-electron chi connectivity index (χ2n) is 7.97. The minimum absolute atomic E-state index is 0.128. The molecule has 8 nitrogen and oxygen atoms in total. The van der Waals surface area contributed by atoms with Crippen LogP contribution in [0.5, 0.6) is 17.2 Å². The molecule has 32 heavy (non-hydrogen) atoms. The number of rotatable bonds is 10. The fourth-order valence-corrected chi connectivity index (χ4v) is 4.37. The first-order valence-corrected chi connectivity index (χ1v) is 12.6. The average molecular weight is 460 g/mol. The Morgan fingerprint density at radius 1 is 1.16 bits per heavy atom. The van der Waals surface area contributed by atoms with Gasteiger partial charge >= 0.3 is 0 Å². The van der Waals surface area contributed by atoms with Gasteiger partial charge in [-0.15, -0.1) is 0 Å². The van der Waals surface area contributed by atoms with E-state index in [0.717, 1.165) is 43.3 Å². The van der Waals surface area contributed by atoms with Gasteiger partial charge in [-0.25, -0.2) is 8.42 Å². The van der Waals surface area contributed by atoms with Crippen molar-refractivity contribution in [2.75, 3.05) is 37.8 Å². The van der Waals surface area contributed by atoms with Crippen LogP contribution in [-0.2, 0) is 16.4 Å². The van der Waals surface area contributed by atoms with Crippen molar-refractivity contribution < 1.29 is 22.6 Å². The first-order chi connectivity index (χ1) is 15.4. The van der Waals surface area contributed by atoms with Crippen LogP contribution in [0, 0.1) is 0 Å². The Morgan fingerprint density at radius 2 is 2.03 bits per heavy atom. The van der Waals surface area contributed by atoms with Gasteiger partial charge in [0.2, 0.25) is 10.0 Å². The van der Waals surface area contributed by atoms with Crippen molar-refractivity contribution in [3.8, 4) is 17.2 Å². The van der Waals surface area contributed by atoms with E-state index < -0.39 is 10.0 Å². The van der Waals surface area contributed by atoms with Gasteiger partial charge in [-0.2, -0.15) is 0 Å². The van der Waals surface area contributed by atoms with Gasteiger partial charge in [0.05, 0.1) is 19.1 Å². The maximum atomic E-state index is 11.4. The van der Waals surface area contributed by atoms with Gasteiger partial charge in [0.25, 0.3) is 0 Å². The third-order valence-corrected chi connectivity index (χ3v) is 5.97. The molecule has 3 N–H and O–H groups in total. The number of aromatic amines is 1. The lowest BCUT2D eigenvalue weighted by atomic mass is 10.1. The van der Waals surface area contributed by atoms with E-state index in [1.807, 2.05) is 12.1 Å². The number of aromatic nitrogens is 1. The summed E-state index contributed by atoms with van der Waals surface area (Å²) in [5.41, 5.74) is 2.89. The number of anilines is 1. The number of unbranched alkanes of at least 4 members (excludes halogenated alkanes) is 1. The molecule has 0 spiro atoms. The molecule has 3 aromatic rings. The fourth-order valence-electron chi connectivity index (χ4n) is 3.81. The van der Waals surface area contributed by atoms with Crippen molar-refractivity contribution in [2.24, 2.45) is 0 Å². The molecule has 172 valence electrons. The summed E-state index contributed by atoms with van der Waals surface area (Å²) in [6.07, 6.45) is 6.19. The number of hydrogen-bond donors (Lipinski definition) is 3. The molecule has 1 unspecified atom stereocenters. The molecule has 9 heteroatoms. The molecule has 1 aliphatic heterocycles. The number of hydrogen-bond acceptors (Lipinski definition) is 6. The van der Waals surface area contributed by atoms with Gasteiger partial charge in [-0.3, -0.25) is 4.72 Å². The highest BCUT2D eigenvalue weighted by molar-refractivity contribution is 7.92. The number of nitrogens with one attached hydrogen (secondary N) is 3. The third-order valence-electron chi connectivity index (χ3n) is 5.36. The highest BCUT2D eigenvalue weighted by Gasteiger charge is 2.21. The fraction of sp³-hybridized carbons (Fsp3) is 0.391. The van der Waals surface area contributed by atoms with Crippen molar-refractivity contribution in [2.45, 2.75) is 25.4 Å². The normalized spacial score (nSPS) is 15.6. The van der Waals surface area contributed by atoms with E-state index >= 15 is 0 Å². The van der Waals surface area contributed by atoms with E-state index in [-0.39, 0.29) is 6.10 Å². The Balaban J connectivity index is 1.20. The van der Waals surface area contributed by atoms with Gasteiger partial charge < -0.3 is 24.5 Å². The molecule has 0 bridgehead atoms. The second kappa shape index (κ2) is 9.70. The number of methoxy groups -OCH3 is 1. The molecule has 4 rings (SSSR count). The zero-order valence-electron chi connectivity index (χ0n) is 18.3. The average Bonchev–Trinajstić information content (AvgIpc) is 3.16. The highest BCUT2D eigenvalue weighted by atomic mass is 32.2. The van der Waals surface area contributed by atoms with Gasteiger partial charge in [0.15, 0.2) is 11.5 Å². The number of aryl methyl sites for hydroxylation is 1. The van der Waals surface area contributed by atoms with Crippen LogP contribution in [-0.4, -0.2) is 52.6 Å². The number of sulfonamides is 1. The Kier molecular flexibility index (Phi) is 6.76. The van der Waals surface area contributed by atoms with Crippen molar-refractivity contribution in [1.29, 1.82) is 0 Å². The van der Waals surface area contributed by atoms with Gasteiger partial charge in [0, 0.05) is 29.7 Å². The quantitative estimate of drug-likeness (QED) is 0.402. The molecule has 0 saturated carbocycles. The molecule has 1 aliphatic rings. The maximum Gasteiger partial charge on any atom is 0.229 e. The monoisotopic (exact) mass is 459 g/mol. The SMILES string of the molecule is COc1ccc2[nH]cc(CCCCNCC3COc4ccc(NS(C)(=O)=O)cc4O3)c2c1. The van der Waals surface area contributed by atoms with Crippen LogP contribution < -0.4 is 24.2 Å². The Labute approximate surface area is 188 Å². The summed E-state index contributed by atoms with van der Waals surface area (Å²) >= 11 is 0. The van der Waals surface area contributed by atoms with E-state index in [2.05, 4.69) is 27.3 Å². The Morgan fingerprint density at radius 3 is 2.84 bits per heavy atom. The van der Waals surface area contributed by atoms with Crippen LogP contribution in [0.25, 0.3) is 10.9 Å². The molecule has 0 aliphatic carbocycles. The minimum atomic E-state index is -3.34. The largest absolute Gasteiger partial charge is 0.497 e. The summed E-state index contributed by atoms with van der Waals surface area (Å²) in [6.45, 7) is 2.00. The number of H-pyrrole nitrogens is 1. The molecule has 1 aromatic heterocycles. The van der Waals surface area contributed by atoms with Crippen molar-refractivity contribution in [3.05, 3.63) is 48.2 Å². The molecule has 0 fully saturated rings. The van der Waals surface area contributed by atoms with Crippen LogP contribution in [0.3, 0.4) is 0 Å². The molecule has 0 saturated heterocycles. The smallest absolute Gasteiger partial charge is 0.229 e. The predicted octanol–water partition coefficient (Wildman–Crippen LogP) is 3.30. The van der Waals surface area contributed by atoms with Crippen molar-refractivity contribution in [3.63, 3.8) is 0 Å². The van der Waals surface area contributed by atoms with Crippen molar-refractivity contribution >= 4 is 26.6 Å². The second-order valence-corrected chi connectivity index (χ2v) is 9.72. The first-order valence-electron chi connectivity index (χ1n) is 10.7. The van der Waals surface area contributed by atoms with Gasteiger partial charge in [-0.1, -0.05) is 0 Å². The molecular weight excluding hydrogens is 430 g/mol. The maximum absolute atomic E-state index is 11.4. The Hall–Kier alpha value is -2.91. The minimum Gasteiger partial charge on any atom is -0.497 e. The standard InChI is InChI=1S/C23H29N3O5S/c1-29-18-7-8-21-20(12-18)16(13-25-21)5-3-4-10-24-14-19-15-30-22-9-6-17(11-23(22)31-19)26-32(2,27)28/h6-9,11-13,19,24-26H,3-5,10,14-15H2,1-2H3. The molecule has 0 amide bonds. The predicted molar refractivity (Wildman–Crippen MR) is 125 cm³/mol. The van der Waals surface area contributed by atoms with Gasteiger partial charge in [-0.05, 0) is 61.7 Å². The zero-order chi connectivity index (χ0) is 22.6. The number of ether oxygens (including phenoxy) is 3. The molecular formula is C23H29N3O5S. The first kappa shape index (κ1) is 22.3.